The Morgan fingerprint density at radius 2 is 2.13 bits per heavy atom. The predicted molar refractivity (Wildman–Crippen MR) is 57.5 cm³/mol. The Morgan fingerprint density at radius 1 is 1.53 bits per heavy atom. The number of carbonyl (C=O) groups excluding carboxylic acids is 1. The van der Waals surface area contributed by atoms with Gasteiger partial charge in [0.1, 0.15) is 5.78 Å². The van der Waals surface area contributed by atoms with Gasteiger partial charge in [0, 0.05) is 12.8 Å². The van der Waals surface area contributed by atoms with Gasteiger partial charge in [-0.15, -0.1) is 0 Å². The van der Waals surface area contributed by atoms with Crippen LogP contribution in [-0.2, 0) is 9.59 Å². The van der Waals surface area contributed by atoms with Gasteiger partial charge < -0.3 is 5.11 Å². The smallest absolute Gasteiger partial charge is 0.309 e. The number of ketones is 1. The Kier molecular flexibility index (Phi) is 3.53. The summed E-state index contributed by atoms with van der Waals surface area (Å²) in [4.78, 5) is 22.7. The fourth-order valence-electron chi connectivity index (χ4n) is 2.43. The highest BCUT2D eigenvalue weighted by Crippen LogP contribution is 2.42. The molecule has 0 aromatic heterocycles. The molecule has 1 fully saturated rings. The Morgan fingerprint density at radius 3 is 2.53 bits per heavy atom. The SMILES string of the molecule is CC(C)C(C)(C(=O)O)C1CCCC(=O)C1. The number of carbonyl (C=O) groups is 2. The molecular formula is C12H20O3. The zero-order valence-electron chi connectivity index (χ0n) is 9.75. The van der Waals surface area contributed by atoms with E-state index in [0.29, 0.717) is 12.8 Å². The molecule has 0 spiro atoms. The zero-order valence-corrected chi connectivity index (χ0v) is 9.75. The van der Waals surface area contributed by atoms with Gasteiger partial charge in [0.2, 0.25) is 0 Å². The molecule has 0 aromatic carbocycles. The van der Waals surface area contributed by atoms with Crippen LogP contribution in [0.4, 0.5) is 0 Å². The fourth-order valence-corrected chi connectivity index (χ4v) is 2.43. The minimum absolute atomic E-state index is 0.0104. The number of carboxylic acids is 1. The summed E-state index contributed by atoms with van der Waals surface area (Å²) in [5.74, 6) is -0.473. The topological polar surface area (TPSA) is 54.4 Å². The van der Waals surface area contributed by atoms with Crippen molar-refractivity contribution in [3.05, 3.63) is 0 Å². The van der Waals surface area contributed by atoms with Gasteiger partial charge in [0.15, 0.2) is 0 Å². The molecule has 3 heteroatoms. The van der Waals surface area contributed by atoms with Gasteiger partial charge >= 0.3 is 5.97 Å². The maximum atomic E-state index is 11.4. The molecule has 0 amide bonds. The first-order valence-electron chi connectivity index (χ1n) is 5.64. The molecule has 0 saturated heterocycles. The van der Waals surface area contributed by atoms with Crippen LogP contribution >= 0.6 is 0 Å². The van der Waals surface area contributed by atoms with Gasteiger partial charge in [0.05, 0.1) is 5.41 Å². The Hall–Kier alpha value is -0.860. The number of hydrogen-bond donors (Lipinski definition) is 1. The average Bonchev–Trinajstić information content (AvgIpc) is 2.15. The molecule has 2 atom stereocenters. The highest BCUT2D eigenvalue weighted by molar-refractivity contribution is 5.81. The van der Waals surface area contributed by atoms with E-state index < -0.39 is 11.4 Å². The monoisotopic (exact) mass is 212 g/mol. The van der Waals surface area contributed by atoms with Crippen molar-refractivity contribution < 1.29 is 14.7 Å². The number of aliphatic carboxylic acids is 1. The molecule has 1 saturated carbocycles. The van der Waals surface area contributed by atoms with E-state index in [1.54, 1.807) is 6.92 Å². The summed E-state index contributed by atoms with van der Waals surface area (Å²) in [5.41, 5.74) is -0.754. The zero-order chi connectivity index (χ0) is 11.6. The van der Waals surface area contributed by atoms with Gasteiger partial charge in [-0.25, -0.2) is 0 Å². The van der Waals surface area contributed by atoms with Crippen LogP contribution in [0.5, 0.6) is 0 Å². The van der Waals surface area contributed by atoms with Crippen molar-refractivity contribution in [2.45, 2.75) is 46.5 Å². The lowest BCUT2D eigenvalue weighted by Gasteiger charge is -2.39. The second-order valence-corrected chi connectivity index (χ2v) is 5.07. The third-order valence-corrected chi connectivity index (χ3v) is 3.99. The molecule has 2 unspecified atom stereocenters. The van der Waals surface area contributed by atoms with Crippen molar-refractivity contribution in [1.29, 1.82) is 0 Å². The summed E-state index contributed by atoms with van der Waals surface area (Å²) < 4.78 is 0. The van der Waals surface area contributed by atoms with Crippen LogP contribution in [0.3, 0.4) is 0 Å². The third-order valence-electron chi connectivity index (χ3n) is 3.99. The lowest BCUT2D eigenvalue weighted by molar-refractivity contribution is -0.156. The van der Waals surface area contributed by atoms with Crippen LogP contribution in [0.1, 0.15) is 46.5 Å². The van der Waals surface area contributed by atoms with Gasteiger partial charge in [-0.2, -0.15) is 0 Å². The normalized spacial score (nSPS) is 26.4. The van der Waals surface area contributed by atoms with Crippen molar-refractivity contribution in [3.8, 4) is 0 Å². The van der Waals surface area contributed by atoms with Crippen LogP contribution < -0.4 is 0 Å². The maximum Gasteiger partial charge on any atom is 0.309 e. The summed E-state index contributed by atoms with van der Waals surface area (Å²) in [6, 6.07) is 0. The average molecular weight is 212 g/mol. The minimum atomic E-state index is -0.766. The minimum Gasteiger partial charge on any atom is -0.481 e. The maximum absolute atomic E-state index is 11.4. The number of rotatable bonds is 3. The Bertz CT molecular complexity index is 270. The van der Waals surface area contributed by atoms with Gasteiger partial charge in [-0.05, 0) is 31.6 Å². The molecular weight excluding hydrogens is 192 g/mol. The molecule has 0 aliphatic heterocycles. The number of Topliss-reactive ketones (excluding diaryl/α,β-unsaturated/α-hetero) is 1. The second kappa shape index (κ2) is 4.33. The molecule has 1 aliphatic rings. The van der Waals surface area contributed by atoms with E-state index in [9.17, 15) is 14.7 Å². The van der Waals surface area contributed by atoms with E-state index >= 15 is 0 Å². The van der Waals surface area contributed by atoms with E-state index in [0.717, 1.165) is 12.8 Å². The molecule has 15 heavy (non-hydrogen) atoms. The van der Waals surface area contributed by atoms with Gasteiger partial charge in [-0.3, -0.25) is 9.59 Å². The van der Waals surface area contributed by atoms with Crippen molar-refractivity contribution >= 4 is 11.8 Å². The first-order chi connectivity index (χ1) is 6.89. The first-order valence-corrected chi connectivity index (χ1v) is 5.64. The first kappa shape index (κ1) is 12.2. The highest BCUT2D eigenvalue weighted by atomic mass is 16.4. The molecule has 0 heterocycles. The Labute approximate surface area is 90.9 Å². The van der Waals surface area contributed by atoms with Gasteiger partial charge in [0.25, 0.3) is 0 Å². The van der Waals surface area contributed by atoms with E-state index in [1.807, 2.05) is 13.8 Å². The summed E-state index contributed by atoms with van der Waals surface area (Å²) in [6.07, 6.45) is 2.79. The van der Waals surface area contributed by atoms with E-state index in [4.69, 9.17) is 0 Å². The second-order valence-electron chi connectivity index (χ2n) is 5.07. The van der Waals surface area contributed by atoms with Crippen molar-refractivity contribution in [2.75, 3.05) is 0 Å². The molecule has 0 aromatic rings. The van der Waals surface area contributed by atoms with Crippen LogP contribution in [-0.4, -0.2) is 16.9 Å². The lowest BCUT2D eigenvalue weighted by Crippen LogP contribution is -2.42. The quantitative estimate of drug-likeness (QED) is 0.782. The largest absolute Gasteiger partial charge is 0.481 e. The molecule has 86 valence electrons. The summed E-state index contributed by atoms with van der Waals surface area (Å²) >= 11 is 0. The lowest BCUT2D eigenvalue weighted by atomic mass is 9.64. The summed E-state index contributed by atoms with van der Waals surface area (Å²) in [7, 11) is 0. The van der Waals surface area contributed by atoms with Crippen LogP contribution in [0.2, 0.25) is 0 Å². The molecule has 3 nitrogen and oxygen atoms in total. The fraction of sp³-hybridized carbons (Fsp3) is 0.833. The van der Waals surface area contributed by atoms with Crippen LogP contribution in [0, 0.1) is 17.3 Å². The Balaban J connectivity index is 2.89. The predicted octanol–water partition coefficient (Wildman–Crippen LogP) is 2.49. The van der Waals surface area contributed by atoms with Crippen LogP contribution in [0.15, 0.2) is 0 Å². The number of hydrogen-bond acceptors (Lipinski definition) is 2. The van der Waals surface area contributed by atoms with E-state index in [2.05, 4.69) is 0 Å². The van der Waals surface area contributed by atoms with Crippen molar-refractivity contribution in [3.63, 3.8) is 0 Å². The molecule has 1 N–H and O–H groups in total. The standard InChI is InChI=1S/C12H20O3/c1-8(2)12(3,11(14)15)9-5-4-6-10(13)7-9/h8-9H,4-7H2,1-3H3,(H,14,15). The molecule has 0 radical (unpaired) electrons. The highest BCUT2D eigenvalue weighted by Gasteiger charge is 2.45. The summed E-state index contributed by atoms with van der Waals surface area (Å²) in [5, 5.41) is 9.33. The molecule has 1 rings (SSSR count). The third kappa shape index (κ3) is 2.21. The molecule has 1 aliphatic carbocycles. The van der Waals surface area contributed by atoms with E-state index in [-0.39, 0.29) is 17.6 Å². The summed E-state index contributed by atoms with van der Waals surface area (Å²) in [6.45, 7) is 5.63. The van der Waals surface area contributed by atoms with Crippen molar-refractivity contribution in [1.82, 2.24) is 0 Å². The van der Waals surface area contributed by atoms with E-state index in [1.165, 1.54) is 0 Å². The molecule has 0 bridgehead atoms. The van der Waals surface area contributed by atoms with Crippen molar-refractivity contribution in [2.24, 2.45) is 17.3 Å². The van der Waals surface area contributed by atoms with Gasteiger partial charge in [-0.1, -0.05) is 13.8 Å². The number of carboxylic acid groups (broad SMARTS) is 1. The van der Waals surface area contributed by atoms with Crippen LogP contribution in [0.25, 0.3) is 0 Å².